The van der Waals surface area contributed by atoms with Crippen molar-refractivity contribution < 1.29 is 4.74 Å². The lowest BCUT2D eigenvalue weighted by atomic mass is 10.2. The number of aliphatic imine (C=N–C) groups is 1. The molecule has 6 heteroatoms. The van der Waals surface area contributed by atoms with E-state index >= 15 is 0 Å². The van der Waals surface area contributed by atoms with Gasteiger partial charge in [-0.2, -0.15) is 10.4 Å². The summed E-state index contributed by atoms with van der Waals surface area (Å²) < 4.78 is 7.00. The number of rotatable bonds is 3. The highest BCUT2D eigenvalue weighted by molar-refractivity contribution is 5.64. The van der Waals surface area contributed by atoms with Gasteiger partial charge in [-0.3, -0.25) is 0 Å². The van der Waals surface area contributed by atoms with Gasteiger partial charge < -0.3 is 9.64 Å². The van der Waals surface area contributed by atoms with Crippen molar-refractivity contribution in [3.63, 3.8) is 0 Å². The number of hydrogen-bond acceptors (Lipinski definition) is 4. The Hall–Kier alpha value is -2.65. The second-order valence-corrected chi connectivity index (χ2v) is 5.13. The summed E-state index contributed by atoms with van der Waals surface area (Å²) in [6, 6.07) is 10.1. The van der Waals surface area contributed by atoms with E-state index in [0.717, 1.165) is 18.8 Å². The van der Waals surface area contributed by atoms with Gasteiger partial charge in [0.25, 0.3) is 0 Å². The molecule has 0 N–H and O–H groups in total. The summed E-state index contributed by atoms with van der Waals surface area (Å²) in [7, 11) is 0. The summed E-state index contributed by atoms with van der Waals surface area (Å²) in [6.07, 6.45) is 3.32. The molecule has 0 unspecified atom stereocenters. The Kier molecular flexibility index (Phi) is 4.17. The maximum atomic E-state index is 9.25. The minimum atomic E-state index is 0.463. The number of nitriles is 1. The maximum Gasteiger partial charge on any atom is 0.175 e. The van der Waals surface area contributed by atoms with E-state index in [1.54, 1.807) is 17.2 Å². The number of aryl methyl sites for hydroxylation is 1. The zero-order valence-corrected chi connectivity index (χ0v) is 12.4. The summed E-state index contributed by atoms with van der Waals surface area (Å²) in [5.41, 5.74) is 2.53. The topological polar surface area (TPSA) is 66.4 Å². The Morgan fingerprint density at radius 2 is 2.00 bits per heavy atom. The van der Waals surface area contributed by atoms with Gasteiger partial charge in [-0.15, -0.1) is 0 Å². The minimum absolute atomic E-state index is 0.463. The molecule has 0 bridgehead atoms. The molecule has 0 radical (unpaired) electrons. The predicted octanol–water partition coefficient (Wildman–Crippen LogP) is 2.04. The Balaban J connectivity index is 1.92. The fourth-order valence-electron chi connectivity index (χ4n) is 2.25. The first-order valence-corrected chi connectivity index (χ1v) is 7.19. The molecule has 2 aromatic rings. The molecule has 0 saturated carbocycles. The molecule has 0 atom stereocenters. The van der Waals surface area contributed by atoms with E-state index in [4.69, 9.17) is 4.74 Å². The molecule has 112 valence electrons. The van der Waals surface area contributed by atoms with Crippen LogP contribution in [0.5, 0.6) is 0 Å². The van der Waals surface area contributed by atoms with Crippen molar-refractivity contribution in [3.8, 4) is 11.8 Å². The largest absolute Gasteiger partial charge is 0.378 e. The summed E-state index contributed by atoms with van der Waals surface area (Å²) >= 11 is 0. The highest BCUT2D eigenvalue weighted by Crippen LogP contribution is 2.22. The Labute approximate surface area is 129 Å². The summed E-state index contributed by atoms with van der Waals surface area (Å²) in [6.45, 7) is 5.06. The third-order valence-electron chi connectivity index (χ3n) is 3.53. The van der Waals surface area contributed by atoms with Gasteiger partial charge in [0.2, 0.25) is 0 Å². The van der Waals surface area contributed by atoms with E-state index in [-0.39, 0.29) is 0 Å². The third kappa shape index (κ3) is 3.00. The van der Waals surface area contributed by atoms with Crippen molar-refractivity contribution >= 4 is 12.2 Å². The van der Waals surface area contributed by atoms with Crippen molar-refractivity contribution in [3.05, 3.63) is 41.6 Å². The SMILES string of the molecule is Cc1ccc(-n2ncc(C#N)c2N=CN2CCOCC2)cc1. The molecular weight excluding hydrogens is 278 g/mol. The molecule has 0 aliphatic carbocycles. The van der Waals surface area contributed by atoms with Crippen LogP contribution < -0.4 is 0 Å². The molecule has 0 spiro atoms. The molecule has 1 fully saturated rings. The molecule has 3 rings (SSSR count). The van der Waals surface area contributed by atoms with Crippen LogP contribution in [0.3, 0.4) is 0 Å². The smallest absolute Gasteiger partial charge is 0.175 e. The van der Waals surface area contributed by atoms with E-state index < -0.39 is 0 Å². The first-order valence-electron chi connectivity index (χ1n) is 7.19. The molecule has 6 nitrogen and oxygen atoms in total. The quantitative estimate of drug-likeness (QED) is 0.642. The van der Waals surface area contributed by atoms with Gasteiger partial charge in [0.15, 0.2) is 5.82 Å². The van der Waals surface area contributed by atoms with Crippen LogP contribution in [0, 0.1) is 18.3 Å². The average Bonchev–Trinajstić information content (AvgIpc) is 2.97. The van der Waals surface area contributed by atoms with Crippen LogP contribution >= 0.6 is 0 Å². The number of aromatic nitrogens is 2. The number of ether oxygens (including phenoxy) is 1. The lowest BCUT2D eigenvalue weighted by Gasteiger charge is -2.24. The second-order valence-electron chi connectivity index (χ2n) is 5.13. The normalized spacial score (nSPS) is 15.2. The van der Waals surface area contributed by atoms with Crippen molar-refractivity contribution in [1.82, 2.24) is 14.7 Å². The Bertz CT molecular complexity index is 705. The van der Waals surface area contributed by atoms with Crippen molar-refractivity contribution in [2.75, 3.05) is 26.3 Å². The summed E-state index contributed by atoms with van der Waals surface area (Å²) in [4.78, 5) is 6.56. The van der Waals surface area contributed by atoms with Gasteiger partial charge in [-0.1, -0.05) is 17.7 Å². The number of morpholine rings is 1. The number of nitrogens with zero attached hydrogens (tertiary/aromatic N) is 5. The fraction of sp³-hybridized carbons (Fsp3) is 0.312. The molecule has 1 aliphatic rings. The van der Waals surface area contributed by atoms with Crippen LogP contribution in [-0.4, -0.2) is 47.3 Å². The van der Waals surface area contributed by atoms with E-state index in [0.29, 0.717) is 24.6 Å². The second kappa shape index (κ2) is 6.41. The van der Waals surface area contributed by atoms with E-state index in [2.05, 4.69) is 21.1 Å². The first kappa shape index (κ1) is 14.3. The van der Waals surface area contributed by atoms with Gasteiger partial charge in [-0.25, -0.2) is 9.67 Å². The van der Waals surface area contributed by atoms with Gasteiger partial charge in [0, 0.05) is 13.1 Å². The van der Waals surface area contributed by atoms with Crippen molar-refractivity contribution in [2.24, 2.45) is 4.99 Å². The standard InChI is InChI=1S/C16H17N5O/c1-13-2-4-15(5-3-13)21-16(14(10-17)11-19-21)18-12-20-6-8-22-9-7-20/h2-5,11-12H,6-9H2,1H3. The molecule has 0 amide bonds. The summed E-state index contributed by atoms with van der Waals surface area (Å²) in [5, 5.41) is 13.5. The average molecular weight is 295 g/mol. The Morgan fingerprint density at radius 1 is 1.27 bits per heavy atom. The lowest BCUT2D eigenvalue weighted by molar-refractivity contribution is 0.0701. The predicted molar refractivity (Wildman–Crippen MR) is 83.6 cm³/mol. The minimum Gasteiger partial charge on any atom is -0.378 e. The van der Waals surface area contributed by atoms with Crippen LogP contribution in [0.2, 0.25) is 0 Å². The van der Waals surface area contributed by atoms with Crippen LogP contribution in [0.25, 0.3) is 5.69 Å². The van der Waals surface area contributed by atoms with E-state index in [1.165, 1.54) is 5.56 Å². The number of benzene rings is 1. The lowest BCUT2D eigenvalue weighted by Crippen LogP contribution is -2.35. The highest BCUT2D eigenvalue weighted by atomic mass is 16.5. The van der Waals surface area contributed by atoms with Crippen LogP contribution in [0.4, 0.5) is 5.82 Å². The zero-order chi connectivity index (χ0) is 15.4. The fourth-order valence-corrected chi connectivity index (χ4v) is 2.25. The number of hydrogen-bond donors (Lipinski definition) is 0. The molecule has 1 saturated heterocycles. The first-order chi connectivity index (χ1) is 10.8. The van der Waals surface area contributed by atoms with Crippen molar-refractivity contribution in [1.29, 1.82) is 5.26 Å². The third-order valence-corrected chi connectivity index (χ3v) is 3.53. The van der Waals surface area contributed by atoms with Gasteiger partial charge >= 0.3 is 0 Å². The van der Waals surface area contributed by atoms with Crippen LogP contribution in [0.15, 0.2) is 35.5 Å². The summed E-state index contributed by atoms with van der Waals surface area (Å²) in [5.74, 6) is 0.554. The molecule has 22 heavy (non-hydrogen) atoms. The van der Waals surface area contributed by atoms with Crippen molar-refractivity contribution in [2.45, 2.75) is 6.92 Å². The van der Waals surface area contributed by atoms with Gasteiger partial charge in [-0.05, 0) is 19.1 Å². The van der Waals surface area contributed by atoms with E-state index in [9.17, 15) is 5.26 Å². The molecule has 2 heterocycles. The van der Waals surface area contributed by atoms with Crippen LogP contribution in [-0.2, 0) is 4.74 Å². The molecule has 1 aliphatic heterocycles. The van der Waals surface area contributed by atoms with E-state index in [1.807, 2.05) is 31.2 Å². The highest BCUT2D eigenvalue weighted by Gasteiger charge is 2.12. The zero-order valence-electron chi connectivity index (χ0n) is 12.4. The Morgan fingerprint density at radius 3 is 2.68 bits per heavy atom. The molecule has 1 aromatic carbocycles. The van der Waals surface area contributed by atoms with Gasteiger partial charge in [0.05, 0.1) is 31.4 Å². The molecule has 1 aromatic heterocycles. The molecular formula is C16H17N5O. The maximum absolute atomic E-state index is 9.25. The van der Waals surface area contributed by atoms with Crippen LogP contribution in [0.1, 0.15) is 11.1 Å². The van der Waals surface area contributed by atoms with Gasteiger partial charge in [0.1, 0.15) is 11.6 Å². The monoisotopic (exact) mass is 295 g/mol.